The van der Waals surface area contributed by atoms with Crippen LogP contribution in [0.3, 0.4) is 0 Å². The second-order valence-electron chi connectivity index (χ2n) is 2.64. The molecule has 0 bridgehead atoms. The number of aliphatic hydroxyl groups is 1. The van der Waals surface area contributed by atoms with Crippen molar-refractivity contribution >= 4 is 6.08 Å². The van der Waals surface area contributed by atoms with E-state index in [-0.39, 0.29) is 0 Å². The first-order valence-electron chi connectivity index (χ1n) is 3.63. The van der Waals surface area contributed by atoms with E-state index in [1.165, 1.54) is 5.56 Å². The number of aryl methyl sites for hydroxylation is 1. The molecule has 1 heteroatoms. The van der Waals surface area contributed by atoms with Crippen molar-refractivity contribution < 1.29 is 5.11 Å². The summed E-state index contributed by atoms with van der Waals surface area (Å²) < 4.78 is 0. The number of hydrogen-bond acceptors (Lipinski definition) is 1. The van der Waals surface area contributed by atoms with Gasteiger partial charge in [0.25, 0.3) is 0 Å². The summed E-state index contributed by atoms with van der Waals surface area (Å²) in [5.41, 5.74) is 2.26. The Balaban J connectivity index is 3.04. The van der Waals surface area contributed by atoms with Crippen LogP contribution in [0.15, 0.2) is 30.0 Å². The average Bonchev–Trinajstić information content (AvgIpc) is 1.93. The van der Waals surface area contributed by atoms with Gasteiger partial charge in [0.2, 0.25) is 0 Å². The summed E-state index contributed by atoms with van der Waals surface area (Å²) in [5.74, 6) is 0.347. The normalized spacial score (nSPS) is 11.6. The van der Waals surface area contributed by atoms with Gasteiger partial charge in [-0.1, -0.05) is 24.3 Å². The Bertz CT molecular complexity index is 270. The molecule has 0 amide bonds. The molecular formula is C10H12O. The zero-order chi connectivity index (χ0) is 8.27. The molecule has 0 heterocycles. The Kier molecular flexibility index (Phi) is 2.32. The molecule has 0 atom stereocenters. The number of rotatable bonds is 1. The van der Waals surface area contributed by atoms with Gasteiger partial charge in [-0.2, -0.15) is 0 Å². The molecule has 0 aliphatic heterocycles. The van der Waals surface area contributed by atoms with E-state index in [1.807, 2.05) is 31.2 Å². The lowest BCUT2D eigenvalue weighted by Crippen LogP contribution is -1.79. The molecule has 0 aliphatic carbocycles. The smallest absolute Gasteiger partial charge is 0.0897 e. The van der Waals surface area contributed by atoms with Crippen LogP contribution in [0.5, 0.6) is 0 Å². The maximum absolute atomic E-state index is 8.99. The van der Waals surface area contributed by atoms with Gasteiger partial charge in [-0.25, -0.2) is 0 Å². The second-order valence-corrected chi connectivity index (χ2v) is 2.64. The van der Waals surface area contributed by atoms with Crippen LogP contribution < -0.4 is 0 Å². The summed E-state index contributed by atoms with van der Waals surface area (Å²) in [6, 6.07) is 7.95. The van der Waals surface area contributed by atoms with Gasteiger partial charge < -0.3 is 5.11 Å². The zero-order valence-electron chi connectivity index (χ0n) is 6.83. The molecule has 0 saturated carbocycles. The molecule has 0 radical (unpaired) electrons. The van der Waals surface area contributed by atoms with Gasteiger partial charge >= 0.3 is 0 Å². The van der Waals surface area contributed by atoms with Crippen molar-refractivity contribution in [2.45, 2.75) is 13.8 Å². The largest absolute Gasteiger partial charge is 0.513 e. The zero-order valence-corrected chi connectivity index (χ0v) is 6.83. The first-order chi connectivity index (χ1) is 5.20. The van der Waals surface area contributed by atoms with Gasteiger partial charge in [-0.05, 0) is 31.1 Å². The third kappa shape index (κ3) is 2.11. The van der Waals surface area contributed by atoms with E-state index in [2.05, 4.69) is 0 Å². The Labute approximate surface area is 67.0 Å². The molecule has 58 valence electrons. The SMILES string of the molecule is C/C(O)=C/c1ccccc1C. The van der Waals surface area contributed by atoms with E-state index in [9.17, 15) is 0 Å². The lowest BCUT2D eigenvalue weighted by Gasteiger charge is -1.98. The highest BCUT2D eigenvalue weighted by Crippen LogP contribution is 2.10. The van der Waals surface area contributed by atoms with Crippen molar-refractivity contribution in [1.82, 2.24) is 0 Å². The maximum Gasteiger partial charge on any atom is 0.0897 e. The van der Waals surface area contributed by atoms with Crippen molar-refractivity contribution in [2.24, 2.45) is 0 Å². The minimum atomic E-state index is 0.347. The van der Waals surface area contributed by atoms with E-state index in [0.29, 0.717) is 5.76 Å². The maximum atomic E-state index is 8.99. The van der Waals surface area contributed by atoms with Gasteiger partial charge in [0, 0.05) is 0 Å². The third-order valence-corrected chi connectivity index (χ3v) is 1.55. The standard InChI is InChI=1S/C10H12O/c1-8-5-3-4-6-10(8)7-9(2)11/h3-7,11H,1-2H3/b9-7-. The van der Waals surface area contributed by atoms with E-state index in [4.69, 9.17) is 5.11 Å². The molecule has 0 aromatic heterocycles. The fourth-order valence-electron chi connectivity index (χ4n) is 0.974. The molecule has 0 unspecified atom stereocenters. The van der Waals surface area contributed by atoms with Crippen LogP contribution in [-0.2, 0) is 0 Å². The van der Waals surface area contributed by atoms with Crippen molar-refractivity contribution in [2.75, 3.05) is 0 Å². The van der Waals surface area contributed by atoms with E-state index in [1.54, 1.807) is 13.0 Å². The van der Waals surface area contributed by atoms with E-state index in [0.717, 1.165) is 5.56 Å². The summed E-state index contributed by atoms with van der Waals surface area (Å²) in [6.45, 7) is 3.70. The number of aliphatic hydroxyl groups excluding tert-OH is 1. The van der Waals surface area contributed by atoms with Crippen molar-refractivity contribution in [3.63, 3.8) is 0 Å². The summed E-state index contributed by atoms with van der Waals surface area (Å²) in [7, 11) is 0. The number of benzene rings is 1. The molecule has 1 aromatic carbocycles. The highest BCUT2D eigenvalue weighted by Gasteiger charge is 1.91. The Morgan fingerprint density at radius 2 is 2.00 bits per heavy atom. The first-order valence-corrected chi connectivity index (χ1v) is 3.63. The Hall–Kier alpha value is -1.24. The minimum absolute atomic E-state index is 0.347. The lowest BCUT2D eigenvalue weighted by atomic mass is 10.1. The van der Waals surface area contributed by atoms with Crippen LogP contribution in [0.2, 0.25) is 0 Å². The molecule has 1 nitrogen and oxygen atoms in total. The van der Waals surface area contributed by atoms with Crippen LogP contribution >= 0.6 is 0 Å². The van der Waals surface area contributed by atoms with Gasteiger partial charge in [-0.3, -0.25) is 0 Å². The summed E-state index contributed by atoms with van der Waals surface area (Å²) >= 11 is 0. The van der Waals surface area contributed by atoms with E-state index >= 15 is 0 Å². The summed E-state index contributed by atoms with van der Waals surface area (Å²) in [6.07, 6.45) is 1.76. The average molecular weight is 148 g/mol. The Morgan fingerprint density at radius 3 is 2.55 bits per heavy atom. The molecule has 0 fully saturated rings. The first kappa shape index (κ1) is 7.86. The number of hydrogen-bond donors (Lipinski definition) is 1. The van der Waals surface area contributed by atoms with Crippen molar-refractivity contribution in [1.29, 1.82) is 0 Å². The molecule has 11 heavy (non-hydrogen) atoms. The molecule has 1 rings (SSSR count). The quantitative estimate of drug-likeness (QED) is 0.607. The minimum Gasteiger partial charge on any atom is -0.513 e. The monoisotopic (exact) mass is 148 g/mol. The predicted octanol–water partition coefficient (Wildman–Crippen LogP) is 2.91. The molecule has 0 saturated heterocycles. The van der Waals surface area contributed by atoms with Gasteiger partial charge in [0.1, 0.15) is 0 Å². The molecule has 1 N–H and O–H groups in total. The molecular weight excluding hydrogens is 136 g/mol. The topological polar surface area (TPSA) is 20.2 Å². The van der Waals surface area contributed by atoms with Gasteiger partial charge in [0.15, 0.2) is 0 Å². The fraction of sp³-hybridized carbons (Fsp3) is 0.200. The number of allylic oxidation sites excluding steroid dienone is 1. The van der Waals surface area contributed by atoms with Crippen molar-refractivity contribution in [3.8, 4) is 0 Å². The van der Waals surface area contributed by atoms with Crippen LogP contribution in [0.4, 0.5) is 0 Å². The lowest BCUT2D eigenvalue weighted by molar-refractivity contribution is 0.420. The summed E-state index contributed by atoms with van der Waals surface area (Å²) in [4.78, 5) is 0. The highest BCUT2D eigenvalue weighted by molar-refractivity contribution is 5.54. The molecule has 1 aromatic rings. The van der Waals surface area contributed by atoms with Gasteiger partial charge in [-0.15, -0.1) is 0 Å². The summed E-state index contributed by atoms with van der Waals surface area (Å²) in [5, 5.41) is 8.99. The van der Waals surface area contributed by atoms with Crippen LogP contribution in [0, 0.1) is 6.92 Å². The molecule has 0 spiro atoms. The Morgan fingerprint density at radius 1 is 1.36 bits per heavy atom. The second kappa shape index (κ2) is 3.24. The third-order valence-electron chi connectivity index (χ3n) is 1.55. The highest BCUT2D eigenvalue weighted by atomic mass is 16.3. The van der Waals surface area contributed by atoms with Crippen LogP contribution in [-0.4, -0.2) is 5.11 Å². The van der Waals surface area contributed by atoms with Gasteiger partial charge in [0.05, 0.1) is 5.76 Å². The fourth-order valence-corrected chi connectivity index (χ4v) is 0.974. The van der Waals surface area contributed by atoms with Crippen LogP contribution in [0.25, 0.3) is 6.08 Å². The predicted molar refractivity (Wildman–Crippen MR) is 47.5 cm³/mol. The van der Waals surface area contributed by atoms with Crippen LogP contribution in [0.1, 0.15) is 18.1 Å². The van der Waals surface area contributed by atoms with E-state index < -0.39 is 0 Å². The molecule has 0 aliphatic rings. The van der Waals surface area contributed by atoms with Crippen molar-refractivity contribution in [3.05, 3.63) is 41.2 Å².